The van der Waals surface area contributed by atoms with Gasteiger partial charge in [0.25, 0.3) is 0 Å². The van der Waals surface area contributed by atoms with E-state index in [0.29, 0.717) is 12.5 Å². The third-order valence-corrected chi connectivity index (χ3v) is 9.94. The van der Waals surface area contributed by atoms with E-state index in [4.69, 9.17) is 0 Å². The van der Waals surface area contributed by atoms with Crippen LogP contribution in [0.4, 0.5) is 4.79 Å². The SMILES string of the molecule is CC(C(=O)N1CCC1)C(CC1CCC1)NC(=O)[C@@H]1[C@@H]2[C@H](CN1C(=O)[C@@H](NC(=O)NC(C)(C)C)C(C)(C)C)C2(C)C. The van der Waals surface area contributed by atoms with Gasteiger partial charge in [0, 0.05) is 31.2 Å². The van der Waals surface area contributed by atoms with Gasteiger partial charge in [0.1, 0.15) is 12.1 Å². The van der Waals surface area contributed by atoms with Crippen molar-refractivity contribution < 1.29 is 19.2 Å². The van der Waals surface area contributed by atoms with Crippen molar-refractivity contribution in [3.63, 3.8) is 0 Å². The van der Waals surface area contributed by atoms with Crippen LogP contribution >= 0.6 is 0 Å². The number of likely N-dealkylation sites (tertiary alicyclic amines) is 2. The second-order valence-corrected chi connectivity index (χ2v) is 15.7. The lowest BCUT2D eigenvalue weighted by Gasteiger charge is -2.40. The number of nitrogens with zero attached hydrogens (tertiary/aromatic N) is 2. The summed E-state index contributed by atoms with van der Waals surface area (Å²) in [5.41, 5.74) is -1.03. The number of rotatable bonds is 8. The van der Waals surface area contributed by atoms with Crippen LogP contribution in [-0.2, 0) is 14.4 Å². The molecular weight excluding hydrogens is 506 g/mol. The summed E-state index contributed by atoms with van der Waals surface area (Å²) in [5, 5.41) is 9.10. The van der Waals surface area contributed by atoms with Gasteiger partial charge >= 0.3 is 6.03 Å². The van der Waals surface area contributed by atoms with Crippen LogP contribution in [0.3, 0.4) is 0 Å². The molecule has 2 heterocycles. The van der Waals surface area contributed by atoms with Crippen molar-refractivity contribution in [2.24, 2.45) is 34.5 Å². The highest BCUT2D eigenvalue weighted by Gasteiger charge is 2.70. The van der Waals surface area contributed by atoms with Gasteiger partial charge in [-0.25, -0.2) is 4.79 Å². The van der Waals surface area contributed by atoms with Crippen molar-refractivity contribution in [2.45, 2.75) is 118 Å². The number of piperidine rings is 1. The van der Waals surface area contributed by atoms with Crippen molar-refractivity contribution in [2.75, 3.05) is 19.6 Å². The van der Waals surface area contributed by atoms with E-state index in [9.17, 15) is 19.2 Å². The third-order valence-electron chi connectivity index (χ3n) is 9.94. The standard InChI is InChI=1S/C31H53N5O4/c1-18(26(38)35-14-11-15-35)21(16-19-12-10-13-19)32-25(37)23-22-20(31(22,8)9)17-36(23)27(39)24(29(2,3)4)33-28(40)34-30(5,6)7/h18-24H,10-17H2,1-9H3,(H,32,37)(H2,33,34,40)/t18?,20-,21?,22-,23-,24+/m0/s1. The number of urea groups is 1. The molecule has 4 fully saturated rings. The van der Waals surface area contributed by atoms with E-state index in [0.717, 1.165) is 38.8 Å². The number of fused-ring (bicyclic) bond motifs is 1. The first kappa shape index (κ1) is 30.6. The molecule has 0 aromatic heterocycles. The van der Waals surface area contributed by atoms with E-state index in [1.807, 2.05) is 53.4 Å². The number of carbonyl (C=O) groups excluding carboxylic acids is 4. The van der Waals surface area contributed by atoms with Crippen molar-refractivity contribution in [3.05, 3.63) is 0 Å². The summed E-state index contributed by atoms with van der Waals surface area (Å²) in [6.07, 6.45) is 5.30. The van der Waals surface area contributed by atoms with Crippen LogP contribution in [0.5, 0.6) is 0 Å². The maximum atomic E-state index is 14.1. The minimum atomic E-state index is -0.788. The molecule has 2 saturated heterocycles. The first-order valence-electron chi connectivity index (χ1n) is 15.4. The number of hydrogen-bond donors (Lipinski definition) is 3. The Hall–Kier alpha value is -2.32. The molecule has 2 aliphatic carbocycles. The van der Waals surface area contributed by atoms with Gasteiger partial charge in [-0.15, -0.1) is 0 Å². The molecule has 9 nitrogen and oxygen atoms in total. The molecule has 40 heavy (non-hydrogen) atoms. The zero-order chi connectivity index (χ0) is 29.8. The second kappa shape index (κ2) is 10.8. The zero-order valence-electron chi connectivity index (χ0n) is 26.2. The smallest absolute Gasteiger partial charge is 0.315 e. The normalized spacial score (nSPS) is 27.9. The topological polar surface area (TPSA) is 111 Å². The van der Waals surface area contributed by atoms with Crippen LogP contribution in [0.2, 0.25) is 0 Å². The van der Waals surface area contributed by atoms with Gasteiger partial charge in [-0.1, -0.05) is 60.8 Å². The third kappa shape index (κ3) is 6.28. The van der Waals surface area contributed by atoms with Crippen molar-refractivity contribution >= 4 is 23.8 Å². The van der Waals surface area contributed by atoms with Crippen molar-refractivity contribution in [1.82, 2.24) is 25.8 Å². The highest BCUT2D eigenvalue weighted by atomic mass is 16.2. The van der Waals surface area contributed by atoms with Crippen LogP contribution in [0.1, 0.15) is 94.4 Å². The summed E-state index contributed by atoms with van der Waals surface area (Å²) in [5.74, 6) is 0.253. The molecule has 5 amide bonds. The number of amides is 5. The van der Waals surface area contributed by atoms with E-state index in [2.05, 4.69) is 29.8 Å². The largest absolute Gasteiger partial charge is 0.351 e. The number of hydrogen-bond acceptors (Lipinski definition) is 4. The molecule has 2 unspecified atom stereocenters. The first-order valence-corrected chi connectivity index (χ1v) is 15.4. The highest BCUT2D eigenvalue weighted by Crippen LogP contribution is 2.65. The number of carbonyl (C=O) groups is 4. The Morgan fingerprint density at radius 2 is 1.55 bits per heavy atom. The van der Waals surface area contributed by atoms with Gasteiger partial charge in [-0.05, 0) is 62.2 Å². The average Bonchev–Trinajstić information content (AvgIpc) is 3.09. The fourth-order valence-electron chi connectivity index (χ4n) is 6.88. The molecule has 0 bridgehead atoms. The molecule has 0 aromatic carbocycles. The Kier molecular flexibility index (Phi) is 8.29. The van der Waals surface area contributed by atoms with E-state index in [1.165, 1.54) is 6.42 Å². The Bertz CT molecular complexity index is 1000. The fourth-order valence-corrected chi connectivity index (χ4v) is 6.88. The summed E-state index contributed by atoms with van der Waals surface area (Å²) in [6, 6.07) is -2.05. The lowest BCUT2D eigenvalue weighted by Crippen LogP contribution is -2.62. The summed E-state index contributed by atoms with van der Waals surface area (Å²) in [4.78, 5) is 57.8. The minimum absolute atomic E-state index is 0.0322. The van der Waals surface area contributed by atoms with Crippen LogP contribution in [-0.4, -0.2) is 76.9 Å². The Balaban J connectivity index is 1.54. The lowest BCUT2D eigenvalue weighted by atomic mass is 9.78. The highest BCUT2D eigenvalue weighted by molar-refractivity contribution is 5.94. The van der Waals surface area contributed by atoms with Crippen molar-refractivity contribution in [1.29, 1.82) is 0 Å². The predicted octanol–water partition coefficient (Wildman–Crippen LogP) is 3.53. The molecule has 2 aliphatic heterocycles. The Labute approximate surface area is 240 Å². The molecule has 2 saturated carbocycles. The summed E-state index contributed by atoms with van der Waals surface area (Å²) in [7, 11) is 0. The quantitative estimate of drug-likeness (QED) is 0.423. The van der Waals surface area contributed by atoms with Crippen LogP contribution in [0, 0.1) is 34.5 Å². The molecule has 0 radical (unpaired) electrons. The van der Waals surface area contributed by atoms with E-state index < -0.39 is 29.1 Å². The molecular formula is C31H53N5O4. The Morgan fingerprint density at radius 3 is 2.02 bits per heavy atom. The van der Waals surface area contributed by atoms with Gasteiger partial charge in [-0.2, -0.15) is 0 Å². The minimum Gasteiger partial charge on any atom is -0.351 e. The fraction of sp³-hybridized carbons (Fsp3) is 0.871. The molecule has 0 spiro atoms. The summed E-state index contributed by atoms with van der Waals surface area (Å²) in [6.45, 7) is 19.8. The van der Waals surface area contributed by atoms with Gasteiger partial charge < -0.3 is 25.8 Å². The second-order valence-electron chi connectivity index (χ2n) is 15.7. The first-order chi connectivity index (χ1) is 18.4. The van der Waals surface area contributed by atoms with Gasteiger partial charge in [0.05, 0.1) is 5.92 Å². The summed E-state index contributed by atoms with van der Waals surface area (Å²) < 4.78 is 0. The monoisotopic (exact) mass is 559 g/mol. The van der Waals surface area contributed by atoms with E-state index >= 15 is 0 Å². The molecule has 6 atom stereocenters. The van der Waals surface area contributed by atoms with Crippen LogP contribution < -0.4 is 16.0 Å². The van der Waals surface area contributed by atoms with Crippen molar-refractivity contribution in [3.8, 4) is 0 Å². The van der Waals surface area contributed by atoms with Crippen LogP contribution in [0.15, 0.2) is 0 Å². The number of nitrogens with one attached hydrogen (secondary N) is 3. The van der Waals surface area contributed by atoms with E-state index in [1.54, 1.807) is 4.90 Å². The molecule has 3 N–H and O–H groups in total. The predicted molar refractivity (Wildman–Crippen MR) is 155 cm³/mol. The Morgan fingerprint density at radius 1 is 0.925 bits per heavy atom. The van der Waals surface area contributed by atoms with Gasteiger partial charge in [0.15, 0.2) is 0 Å². The molecule has 4 rings (SSSR count). The maximum Gasteiger partial charge on any atom is 0.315 e. The lowest BCUT2D eigenvalue weighted by molar-refractivity contribution is -0.145. The average molecular weight is 560 g/mol. The van der Waals surface area contributed by atoms with E-state index in [-0.39, 0.29) is 46.9 Å². The molecule has 4 aliphatic rings. The molecule has 226 valence electrons. The maximum absolute atomic E-state index is 14.1. The zero-order valence-corrected chi connectivity index (χ0v) is 26.2. The van der Waals surface area contributed by atoms with Crippen LogP contribution in [0.25, 0.3) is 0 Å². The molecule has 9 heteroatoms. The molecule has 0 aromatic rings. The van der Waals surface area contributed by atoms with Gasteiger partial charge in [0.2, 0.25) is 17.7 Å². The van der Waals surface area contributed by atoms with Gasteiger partial charge in [-0.3, -0.25) is 14.4 Å². The summed E-state index contributed by atoms with van der Waals surface area (Å²) >= 11 is 0.